The van der Waals surface area contributed by atoms with Crippen LogP contribution in [0, 0.1) is 5.82 Å². The van der Waals surface area contributed by atoms with E-state index in [1.165, 1.54) is 13.2 Å². The van der Waals surface area contributed by atoms with Crippen molar-refractivity contribution < 1.29 is 18.7 Å². The number of nitrogens with one attached hydrogen (secondary N) is 1. The molecule has 0 radical (unpaired) electrons. The molecule has 0 unspecified atom stereocenters. The van der Waals surface area contributed by atoms with Crippen LogP contribution in [0.2, 0.25) is 0 Å². The number of thiocarbonyl (C=S) groups is 1. The molecule has 0 saturated carbocycles. The minimum Gasteiger partial charge on any atom is -0.465 e. The maximum Gasteiger partial charge on any atom is 0.339 e. The van der Waals surface area contributed by atoms with Crippen LogP contribution >= 0.6 is 12.2 Å². The summed E-state index contributed by atoms with van der Waals surface area (Å²) in [6.45, 7) is 1.57. The first-order valence-corrected chi connectivity index (χ1v) is 9.57. The molecule has 1 aliphatic rings. The second-order valence-electron chi connectivity index (χ2n) is 6.57. The van der Waals surface area contributed by atoms with Gasteiger partial charge in [0.25, 0.3) is 0 Å². The Labute approximate surface area is 169 Å². The summed E-state index contributed by atoms with van der Waals surface area (Å²) in [6.07, 6.45) is 1.99. The number of esters is 1. The lowest BCUT2D eigenvalue weighted by Crippen LogP contribution is -2.40. The van der Waals surface area contributed by atoms with Crippen molar-refractivity contribution in [2.24, 2.45) is 0 Å². The van der Waals surface area contributed by atoms with E-state index in [0.717, 1.165) is 19.4 Å². The maximum atomic E-state index is 14.2. The zero-order valence-electron chi connectivity index (χ0n) is 15.7. The Hall–Kier alpha value is -2.51. The molecule has 2 aromatic rings. The second kappa shape index (κ2) is 9.61. The van der Waals surface area contributed by atoms with Crippen LogP contribution in [-0.4, -0.2) is 42.3 Å². The number of methoxy groups -OCH3 is 1. The molecule has 1 N–H and O–H groups in total. The fraction of sp³-hybridized carbons (Fsp3) is 0.333. The molecule has 7 heteroatoms. The molecule has 0 bridgehead atoms. The monoisotopic (exact) mass is 402 g/mol. The molecular formula is C21H23FN2O3S. The average Bonchev–Trinajstić information content (AvgIpc) is 3.22. The van der Waals surface area contributed by atoms with Gasteiger partial charge in [-0.3, -0.25) is 0 Å². The number of hydrogen-bond acceptors (Lipinski definition) is 4. The number of nitrogens with zero attached hydrogens (tertiary/aromatic N) is 1. The Balaban J connectivity index is 1.80. The third kappa shape index (κ3) is 5.05. The Morgan fingerprint density at radius 3 is 2.75 bits per heavy atom. The average molecular weight is 402 g/mol. The normalized spacial score (nSPS) is 15.9. The Morgan fingerprint density at radius 1 is 1.29 bits per heavy atom. The number of benzene rings is 2. The summed E-state index contributed by atoms with van der Waals surface area (Å²) < 4.78 is 24.8. The van der Waals surface area contributed by atoms with Gasteiger partial charge in [0, 0.05) is 25.3 Å². The van der Waals surface area contributed by atoms with Gasteiger partial charge in [-0.1, -0.05) is 30.3 Å². The van der Waals surface area contributed by atoms with Gasteiger partial charge in [0.1, 0.15) is 5.82 Å². The first kappa shape index (κ1) is 20.2. The van der Waals surface area contributed by atoms with Crippen LogP contribution < -0.4 is 5.32 Å². The van der Waals surface area contributed by atoms with Crippen LogP contribution in [0.4, 0.5) is 10.1 Å². The molecule has 0 aliphatic carbocycles. The van der Waals surface area contributed by atoms with Crippen LogP contribution in [0.3, 0.4) is 0 Å². The smallest absolute Gasteiger partial charge is 0.339 e. The molecule has 1 saturated heterocycles. The van der Waals surface area contributed by atoms with Crippen LogP contribution in [0.25, 0.3) is 0 Å². The van der Waals surface area contributed by atoms with E-state index in [4.69, 9.17) is 21.7 Å². The summed E-state index contributed by atoms with van der Waals surface area (Å²) in [5, 5.41) is 3.52. The fourth-order valence-corrected chi connectivity index (χ4v) is 3.41. The number of carbonyl (C=O) groups is 1. The fourth-order valence-electron chi connectivity index (χ4n) is 3.16. The topological polar surface area (TPSA) is 50.8 Å². The number of carbonyl (C=O) groups excluding carboxylic acids is 1. The predicted octanol–water partition coefficient (Wildman–Crippen LogP) is 3.99. The summed E-state index contributed by atoms with van der Waals surface area (Å²) in [7, 11) is 1.33. The van der Waals surface area contributed by atoms with Gasteiger partial charge in [-0.25, -0.2) is 9.18 Å². The van der Waals surface area contributed by atoms with Crippen LogP contribution in [0.5, 0.6) is 0 Å². The van der Waals surface area contributed by atoms with Crippen molar-refractivity contribution in [1.82, 2.24) is 4.90 Å². The molecule has 5 nitrogen and oxygen atoms in total. The van der Waals surface area contributed by atoms with Crippen LogP contribution in [0.15, 0.2) is 48.5 Å². The van der Waals surface area contributed by atoms with E-state index >= 15 is 0 Å². The first-order chi connectivity index (χ1) is 13.6. The number of hydrogen-bond donors (Lipinski definition) is 1. The number of ether oxygens (including phenoxy) is 2. The summed E-state index contributed by atoms with van der Waals surface area (Å²) >= 11 is 5.60. The van der Waals surface area contributed by atoms with Gasteiger partial charge in [-0.2, -0.15) is 0 Å². The van der Waals surface area contributed by atoms with Gasteiger partial charge in [-0.15, -0.1) is 0 Å². The summed E-state index contributed by atoms with van der Waals surface area (Å²) in [6, 6.07) is 13.6. The summed E-state index contributed by atoms with van der Waals surface area (Å²) in [5.41, 5.74) is 1.48. The maximum absolute atomic E-state index is 14.2. The minimum absolute atomic E-state index is 0.0439. The largest absolute Gasteiger partial charge is 0.465 e. The molecule has 28 heavy (non-hydrogen) atoms. The van der Waals surface area contributed by atoms with E-state index in [9.17, 15) is 9.18 Å². The highest BCUT2D eigenvalue weighted by Crippen LogP contribution is 2.20. The highest BCUT2D eigenvalue weighted by atomic mass is 32.1. The van der Waals surface area contributed by atoms with Crippen molar-refractivity contribution >= 4 is 29.0 Å². The van der Waals surface area contributed by atoms with E-state index in [2.05, 4.69) is 5.32 Å². The van der Waals surface area contributed by atoms with E-state index in [0.29, 0.717) is 35.0 Å². The molecule has 1 aliphatic heterocycles. The van der Waals surface area contributed by atoms with Crippen molar-refractivity contribution in [2.75, 3.05) is 25.6 Å². The predicted molar refractivity (Wildman–Crippen MR) is 110 cm³/mol. The SMILES string of the molecule is COC(=O)c1ccccc1NC(=S)N(Cc1ccccc1F)C[C@H]1CCCO1. The highest BCUT2D eigenvalue weighted by Gasteiger charge is 2.23. The lowest BCUT2D eigenvalue weighted by Gasteiger charge is -2.29. The molecule has 2 aromatic carbocycles. The third-order valence-corrected chi connectivity index (χ3v) is 4.99. The first-order valence-electron chi connectivity index (χ1n) is 9.16. The molecule has 148 valence electrons. The lowest BCUT2D eigenvalue weighted by molar-refractivity contribution is 0.0602. The quantitative estimate of drug-likeness (QED) is 0.582. The number of para-hydroxylation sites is 1. The summed E-state index contributed by atoms with van der Waals surface area (Å²) in [5.74, 6) is -0.733. The molecule has 1 atom stereocenters. The zero-order valence-corrected chi connectivity index (χ0v) is 16.5. The Morgan fingerprint density at radius 2 is 2.04 bits per heavy atom. The molecule has 1 heterocycles. The summed E-state index contributed by atoms with van der Waals surface area (Å²) in [4.78, 5) is 13.9. The standard InChI is InChI=1S/C21H23FN2O3S/c1-26-20(25)17-9-3-5-11-19(17)23-21(28)24(14-16-8-6-12-27-16)13-15-7-2-4-10-18(15)22/h2-5,7,9-11,16H,6,8,12-14H2,1H3,(H,23,28)/t16-/m1/s1. The Kier molecular flexibility index (Phi) is 6.95. The second-order valence-corrected chi connectivity index (χ2v) is 6.96. The van der Waals surface area contributed by atoms with Gasteiger partial charge >= 0.3 is 5.97 Å². The Bertz CT molecular complexity index is 840. The van der Waals surface area contributed by atoms with Crippen molar-refractivity contribution in [3.05, 3.63) is 65.5 Å². The van der Waals surface area contributed by atoms with Gasteiger partial charge in [0.05, 0.1) is 24.5 Å². The molecule has 0 amide bonds. The number of halogens is 1. The minimum atomic E-state index is -0.453. The highest BCUT2D eigenvalue weighted by molar-refractivity contribution is 7.80. The molecule has 0 aromatic heterocycles. The lowest BCUT2D eigenvalue weighted by atomic mass is 10.1. The van der Waals surface area contributed by atoms with Gasteiger partial charge in [0.2, 0.25) is 0 Å². The van der Waals surface area contributed by atoms with Crippen LogP contribution in [-0.2, 0) is 16.0 Å². The molecule has 0 spiro atoms. The zero-order chi connectivity index (χ0) is 19.9. The van der Waals surface area contributed by atoms with E-state index < -0.39 is 5.97 Å². The van der Waals surface area contributed by atoms with E-state index in [1.54, 1.807) is 42.5 Å². The van der Waals surface area contributed by atoms with Crippen molar-refractivity contribution in [3.63, 3.8) is 0 Å². The van der Waals surface area contributed by atoms with Crippen molar-refractivity contribution in [3.8, 4) is 0 Å². The van der Waals surface area contributed by atoms with Crippen LogP contribution in [0.1, 0.15) is 28.8 Å². The number of rotatable bonds is 6. The third-order valence-electron chi connectivity index (χ3n) is 4.63. The molecule has 1 fully saturated rings. The molecular weight excluding hydrogens is 379 g/mol. The van der Waals surface area contributed by atoms with Crippen molar-refractivity contribution in [1.29, 1.82) is 0 Å². The van der Waals surface area contributed by atoms with E-state index in [1.807, 2.05) is 4.90 Å². The van der Waals surface area contributed by atoms with E-state index in [-0.39, 0.29) is 11.9 Å². The van der Waals surface area contributed by atoms with Gasteiger partial charge in [0.15, 0.2) is 5.11 Å². The van der Waals surface area contributed by atoms with Gasteiger partial charge < -0.3 is 19.7 Å². The molecule has 3 rings (SSSR count). The van der Waals surface area contributed by atoms with Crippen molar-refractivity contribution in [2.45, 2.75) is 25.5 Å². The number of anilines is 1. The van der Waals surface area contributed by atoms with Gasteiger partial charge in [-0.05, 0) is 43.3 Å².